The van der Waals surface area contributed by atoms with Crippen molar-refractivity contribution in [3.63, 3.8) is 0 Å². The van der Waals surface area contributed by atoms with E-state index in [0.717, 1.165) is 37.2 Å². The number of carboxylic acid groups (broad SMARTS) is 2. The van der Waals surface area contributed by atoms with E-state index in [0.29, 0.717) is 24.0 Å². The summed E-state index contributed by atoms with van der Waals surface area (Å²) in [6.07, 6.45) is 3.47. The number of thioether (sulfide) groups is 1. The van der Waals surface area contributed by atoms with Crippen LogP contribution in [0.5, 0.6) is 0 Å². The van der Waals surface area contributed by atoms with Crippen molar-refractivity contribution in [1.82, 2.24) is 10.6 Å². The molecule has 9 nitrogen and oxygen atoms in total. The van der Waals surface area contributed by atoms with E-state index in [-0.39, 0.29) is 13.0 Å². The van der Waals surface area contributed by atoms with Gasteiger partial charge in [0.05, 0.1) is 11.7 Å². The van der Waals surface area contributed by atoms with Gasteiger partial charge < -0.3 is 20.3 Å². The van der Waals surface area contributed by atoms with Crippen LogP contribution in [0, 0.1) is 5.92 Å². The van der Waals surface area contributed by atoms with Gasteiger partial charge in [0, 0.05) is 23.9 Å². The van der Waals surface area contributed by atoms with Gasteiger partial charge in [-0.1, -0.05) is 12.1 Å². The molecule has 2 aliphatic heterocycles. The number of benzene rings is 1. The molecule has 10 heteroatoms. The number of carbonyl (C=O) groups is 3. The SMILES string of the molecule is O=C(O)CN1C(=O)[C@@H](N[C@@H](CCOCCC2CCNCC2)C(=O)O)CSc2ccccc21. The summed E-state index contributed by atoms with van der Waals surface area (Å²) in [5.74, 6) is -1.67. The molecule has 1 fully saturated rings. The van der Waals surface area contributed by atoms with Gasteiger partial charge >= 0.3 is 11.9 Å². The summed E-state index contributed by atoms with van der Waals surface area (Å²) in [7, 11) is 0. The Morgan fingerprint density at radius 1 is 1.22 bits per heavy atom. The molecule has 176 valence electrons. The largest absolute Gasteiger partial charge is 0.480 e. The lowest BCUT2D eigenvalue weighted by molar-refractivity contribution is -0.141. The maximum atomic E-state index is 13.1. The van der Waals surface area contributed by atoms with Crippen molar-refractivity contribution in [2.24, 2.45) is 5.92 Å². The monoisotopic (exact) mass is 465 g/mol. The third-order valence-electron chi connectivity index (χ3n) is 5.80. The van der Waals surface area contributed by atoms with Crippen molar-refractivity contribution >= 4 is 35.3 Å². The number of anilines is 1. The maximum Gasteiger partial charge on any atom is 0.323 e. The number of nitrogens with zero attached hydrogens (tertiary/aromatic N) is 1. The molecule has 0 bridgehead atoms. The molecular formula is C22H31N3O6S. The lowest BCUT2D eigenvalue weighted by Crippen LogP contribution is -2.54. The van der Waals surface area contributed by atoms with Crippen molar-refractivity contribution in [3.05, 3.63) is 24.3 Å². The molecule has 32 heavy (non-hydrogen) atoms. The fourth-order valence-corrected chi connectivity index (χ4v) is 5.10. The van der Waals surface area contributed by atoms with Gasteiger partial charge in [-0.3, -0.25) is 24.6 Å². The molecule has 1 aromatic carbocycles. The Hall–Kier alpha value is -2.14. The smallest absolute Gasteiger partial charge is 0.323 e. The van der Waals surface area contributed by atoms with Gasteiger partial charge in [-0.15, -0.1) is 11.8 Å². The van der Waals surface area contributed by atoms with E-state index < -0.39 is 36.5 Å². The fraction of sp³-hybridized carbons (Fsp3) is 0.591. The molecule has 0 aliphatic carbocycles. The standard InChI is InChI=1S/C22H31N3O6S/c26-20(27)13-25-18-3-1-2-4-19(18)32-14-17(21(25)28)24-16(22(29)30)8-12-31-11-7-15-5-9-23-10-6-15/h1-4,15-17,23-24H,5-14H2,(H,26,27)(H,29,30)/t16-,17-/m0/s1. The molecule has 1 saturated heterocycles. The molecule has 0 radical (unpaired) electrons. The van der Waals surface area contributed by atoms with Crippen LogP contribution in [0.3, 0.4) is 0 Å². The van der Waals surface area contributed by atoms with Gasteiger partial charge in [0.1, 0.15) is 12.6 Å². The summed E-state index contributed by atoms with van der Waals surface area (Å²) >= 11 is 1.41. The summed E-state index contributed by atoms with van der Waals surface area (Å²) in [6, 6.07) is 5.32. The number of hydrogen-bond donors (Lipinski definition) is 4. The summed E-state index contributed by atoms with van der Waals surface area (Å²) in [5, 5.41) is 25.2. The minimum Gasteiger partial charge on any atom is -0.480 e. The molecule has 0 unspecified atom stereocenters. The Bertz CT molecular complexity index is 802. The lowest BCUT2D eigenvalue weighted by Gasteiger charge is -2.26. The Morgan fingerprint density at radius 2 is 1.97 bits per heavy atom. The zero-order chi connectivity index (χ0) is 22.9. The topological polar surface area (TPSA) is 128 Å². The van der Waals surface area contributed by atoms with Crippen LogP contribution in [0.2, 0.25) is 0 Å². The molecule has 1 amide bonds. The van der Waals surface area contributed by atoms with Crippen molar-refractivity contribution in [2.45, 2.75) is 42.7 Å². The molecule has 0 aromatic heterocycles. The maximum absolute atomic E-state index is 13.1. The van der Waals surface area contributed by atoms with Crippen LogP contribution >= 0.6 is 11.8 Å². The number of aliphatic carboxylic acids is 2. The molecule has 1 aromatic rings. The van der Waals surface area contributed by atoms with Gasteiger partial charge in [0.15, 0.2) is 0 Å². The first-order valence-electron chi connectivity index (χ1n) is 11.0. The van der Waals surface area contributed by atoms with Crippen LogP contribution in [0.4, 0.5) is 5.69 Å². The summed E-state index contributed by atoms with van der Waals surface area (Å²) < 4.78 is 5.68. The number of carbonyl (C=O) groups excluding carboxylic acids is 1. The van der Waals surface area contributed by atoms with Crippen LogP contribution in [0.1, 0.15) is 25.7 Å². The van der Waals surface area contributed by atoms with Crippen molar-refractivity contribution in [1.29, 1.82) is 0 Å². The van der Waals surface area contributed by atoms with Gasteiger partial charge in [-0.05, 0) is 56.8 Å². The highest BCUT2D eigenvalue weighted by Gasteiger charge is 2.34. The van der Waals surface area contributed by atoms with E-state index in [1.165, 1.54) is 16.7 Å². The number of ether oxygens (including phenoxy) is 1. The molecule has 4 N–H and O–H groups in total. The summed E-state index contributed by atoms with van der Waals surface area (Å²) in [6.45, 7) is 2.46. The number of fused-ring (bicyclic) bond motifs is 1. The predicted octanol–water partition coefficient (Wildman–Crippen LogP) is 1.42. The number of para-hydroxylation sites is 1. The van der Waals surface area contributed by atoms with E-state index in [9.17, 15) is 24.6 Å². The molecule has 3 rings (SSSR count). The lowest BCUT2D eigenvalue weighted by atomic mass is 9.95. The molecule has 0 saturated carbocycles. The second-order valence-electron chi connectivity index (χ2n) is 8.09. The van der Waals surface area contributed by atoms with Gasteiger partial charge in [-0.2, -0.15) is 0 Å². The van der Waals surface area contributed by atoms with Crippen LogP contribution in [0.25, 0.3) is 0 Å². The predicted molar refractivity (Wildman–Crippen MR) is 121 cm³/mol. The quantitative estimate of drug-likeness (QED) is 0.359. The fourth-order valence-electron chi connectivity index (χ4n) is 4.02. The first kappa shape index (κ1) is 24.5. The Kier molecular flexibility index (Phi) is 9.34. The number of carboxylic acids is 2. The van der Waals surface area contributed by atoms with E-state index in [1.54, 1.807) is 12.1 Å². The van der Waals surface area contributed by atoms with Crippen LogP contribution < -0.4 is 15.5 Å². The zero-order valence-electron chi connectivity index (χ0n) is 18.0. The Morgan fingerprint density at radius 3 is 2.69 bits per heavy atom. The molecule has 2 heterocycles. The number of hydrogen-bond acceptors (Lipinski definition) is 7. The molecular weight excluding hydrogens is 434 g/mol. The minimum atomic E-state index is -1.13. The number of amides is 1. The first-order chi connectivity index (χ1) is 15.5. The third-order valence-corrected chi connectivity index (χ3v) is 6.96. The highest BCUT2D eigenvalue weighted by atomic mass is 32.2. The number of nitrogens with one attached hydrogen (secondary N) is 2. The minimum absolute atomic E-state index is 0.224. The Balaban J connectivity index is 1.55. The molecule has 2 aliphatic rings. The van der Waals surface area contributed by atoms with Crippen molar-refractivity contribution < 1.29 is 29.3 Å². The second kappa shape index (κ2) is 12.2. The summed E-state index contributed by atoms with van der Waals surface area (Å²) in [4.78, 5) is 38.3. The average Bonchev–Trinajstić information content (AvgIpc) is 2.90. The first-order valence-corrected chi connectivity index (χ1v) is 12.0. The number of piperidine rings is 1. The molecule has 0 spiro atoms. The van der Waals surface area contributed by atoms with E-state index >= 15 is 0 Å². The highest BCUT2D eigenvalue weighted by Crippen LogP contribution is 2.34. The van der Waals surface area contributed by atoms with E-state index in [2.05, 4.69) is 10.6 Å². The zero-order valence-corrected chi connectivity index (χ0v) is 18.8. The third kappa shape index (κ3) is 6.93. The second-order valence-corrected chi connectivity index (χ2v) is 9.15. The van der Waals surface area contributed by atoms with Crippen molar-refractivity contribution in [3.8, 4) is 0 Å². The normalized spacial score (nSPS) is 20.4. The Labute approximate surface area is 191 Å². The average molecular weight is 466 g/mol. The summed E-state index contributed by atoms with van der Waals surface area (Å²) in [5.41, 5.74) is 0.530. The van der Waals surface area contributed by atoms with Gasteiger partial charge in [0.2, 0.25) is 5.91 Å². The van der Waals surface area contributed by atoms with Gasteiger partial charge in [0.25, 0.3) is 0 Å². The molecule has 2 atom stereocenters. The highest BCUT2D eigenvalue weighted by molar-refractivity contribution is 7.99. The van der Waals surface area contributed by atoms with Crippen LogP contribution in [0.15, 0.2) is 29.2 Å². The van der Waals surface area contributed by atoms with Crippen LogP contribution in [-0.2, 0) is 19.1 Å². The van der Waals surface area contributed by atoms with Crippen molar-refractivity contribution in [2.75, 3.05) is 43.5 Å². The number of rotatable bonds is 11. The van der Waals surface area contributed by atoms with Crippen LogP contribution in [-0.4, -0.2) is 78.7 Å². The van der Waals surface area contributed by atoms with E-state index in [1.807, 2.05) is 12.1 Å². The van der Waals surface area contributed by atoms with E-state index in [4.69, 9.17) is 4.74 Å². The van der Waals surface area contributed by atoms with Gasteiger partial charge in [-0.25, -0.2) is 0 Å².